The molecule has 0 bridgehead atoms. The molecule has 5 rings (SSSR count). The van der Waals surface area contributed by atoms with Gasteiger partial charge in [-0.2, -0.15) is 4.31 Å². The van der Waals surface area contributed by atoms with Gasteiger partial charge in [-0.25, -0.2) is 13.2 Å². The van der Waals surface area contributed by atoms with E-state index in [2.05, 4.69) is 56.6 Å². The number of carbonyl (C=O) groups excluding carboxylic acids is 3. The largest absolute Gasteiger partial charge is 0.449 e. The van der Waals surface area contributed by atoms with Crippen LogP contribution in [0.4, 0.5) is 10.5 Å². The molecule has 3 N–H and O–H groups in total. The highest BCUT2D eigenvalue weighted by molar-refractivity contribution is 7.89. The zero-order valence-electron chi connectivity index (χ0n) is 38.2. The van der Waals surface area contributed by atoms with E-state index in [-0.39, 0.29) is 67.2 Å². The maximum Gasteiger partial charge on any atom is 0.407 e. The van der Waals surface area contributed by atoms with Crippen molar-refractivity contribution in [2.24, 2.45) is 46.3 Å². The normalized spacial score (nSPS) is 27.9. The van der Waals surface area contributed by atoms with E-state index in [0.717, 1.165) is 30.6 Å². The molecule has 3 amide bonds. The summed E-state index contributed by atoms with van der Waals surface area (Å²) in [5.41, 5.74) is 0.797. The molecule has 8 atom stereocenters. The van der Waals surface area contributed by atoms with Crippen LogP contribution >= 0.6 is 0 Å². The van der Waals surface area contributed by atoms with Gasteiger partial charge in [0.1, 0.15) is 6.61 Å². The first kappa shape index (κ1) is 48.5. The molecule has 0 radical (unpaired) electrons. The lowest BCUT2D eigenvalue weighted by molar-refractivity contribution is -0.387. The number of para-hydroxylation sites is 1. The van der Waals surface area contributed by atoms with Gasteiger partial charge in [-0.15, -0.1) is 0 Å². The molecular weight excluding hydrogens is 795 g/mol. The number of alkyl carbamates (subject to hydrolysis) is 1. The zero-order valence-corrected chi connectivity index (χ0v) is 39.0. The van der Waals surface area contributed by atoms with E-state index in [0.29, 0.717) is 42.4 Å². The van der Waals surface area contributed by atoms with Gasteiger partial charge < -0.3 is 20.7 Å². The number of nitrogens with zero attached hydrogens (tertiary/aromatic N) is 2. The number of hydrogen-bond donors (Lipinski definition) is 3. The van der Waals surface area contributed by atoms with E-state index in [1.165, 1.54) is 79.1 Å². The molecule has 14 heteroatoms. The number of sulfonamides is 1. The first-order valence-corrected chi connectivity index (χ1v) is 24.5. The Kier molecular flexibility index (Phi) is 16.2. The number of amides is 3. The summed E-state index contributed by atoms with van der Waals surface area (Å²) in [6, 6.07) is 5.18. The summed E-state index contributed by atoms with van der Waals surface area (Å²) in [4.78, 5) is 47.8. The Labute approximate surface area is 365 Å². The standard InChI is InChI=1S/C47H75N5O8S/c1-32(2)13-11-14-33(3)37-19-20-38-36-18-17-34-31-35(21-25-46(34,7)39(36)22-26-47(37,38)8)51(61(58,59)41-16-10-9-15-40(41)52(56)57)29-12-27-48-42(53)23-28-49-43(54)24-30-60-44(55)50-45(4,5)6/h9-10,15-17,32-33,35-39H,11-14,18-31H2,1-8H3,(H,48,53)(H,49,54)(H,50,55)/t33-,35+,36?,37-,38?,39?,46+,47-/m1/s1. The minimum atomic E-state index is -4.28. The van der Waals surface area contributed by atoms with Crippen molar-refractivity contribution in [2.45, 2.75) is 162 Å². The van der Waals surface area contributed by atoms with Crippen LogP contribution in [0.5, 0.6) is 0 Å². The number of hydrogen-bond acceptors (Lipinski definition) is 8. The maximum absolute atomic E-state index is 14.5. The van der Waals surface area contributed by atoms with Gasteiger partial charge in [0.2, 0.25) is 21.8 Å². The molecule has 3 unspecified atom stereocenters. The zero-order chi connectivity index (χ0) is 44.8. The quantitative estimate of drug-likeness (QED) is 0.0534. The molecule has 0 saturated heterocycles. The topological polar surface area (TPSA) is 177 Å². The first-order valence-electron chi connectivity index (χ1n) is 23.1. The third kappa shape index (κ3) is 11.7. The average Bonchev–Trinajstić information content (AvgIpc) is 3.54. The number of nitro benzene ring substituents is 1. The summed E-state index contributed by atoms with van der Waals surface area (Å²) in [5.74, 6) is 3.53. The van der Waals surface area contributed by atoms with Crippen LogP contribution in [-0.4, -0.2) is 73.4 Å². The molecule has 0 aromatic heterocycles. The van der Waals surface area contributed by atoms with Crippen molar-refractivity contribution < 1.29 is 32.5 Å². The second-order valence-corrected chi connectivity index (χ2v) is 22.5. The Bertz CT molecular complexity index is 1860. The van der Waals surface area contributed by atoms with Gasteiger partial charge in [-0.05, 0) is 131 Å². The highest BCUT2D eigenvalue weighted by atomic mass is 32.2. The van der Waals surface area contributed by atoms with Gasteiger partial charge in [0.15, 0.2) is 4.90 Å². The lowest BCUT2D eigenvalue weighted by atomic mass is 9.47. The van der Waals surface area contributed by atoms with Gasteiger partial charge >= 0.3 is 6.09 Å². The van der Waals surface area contributed by atoms with Gasteiger partial charge in [0.25, 0.3) is 5.69 Å². The molecule has 3 fully saturated rings. The van der Waals surface area contributed by atoms with Crippen molar-refractivity contribution in [1.29, 1.82) is 0 Å². The highest BCUT2D eigenvalue weighted by Gasteiger charge is 2.59. The van der Waals surface area contributed by atoms with Crippen LogP contribution in [0.2, 0.25) is 0 Å². The van der Waals surface area contributed by atoms with E-state index < -0.39 is 32.3 Å². The molecule has 0 heterocycles. The third-order valence-electron chi connectivity index (χ3n) is 14.9. The summed E-state index contributed by atoms with van der Waals surface area (Å²) >= 11 is 0. The number of ether oxygens (including phenoxy) is 1. The van der Waals surface area contributed by atoms with Crippen LogP contribution in [0.3, 0.4) is 0 Å². The van der Waals surface area contributed by atoms with Crippen molar-refractivity contribution in [3.8, 4) is 0 Å². The minimum absolute atomic E-state index is 0.00675. The Morgan fingerprint density at radius 2 is 1.64 bits per heavy atom. The maximum atomic E-state index is 14.5. The molecule has 0 spiro atoms. The number of benzene rings is 1. The van der Waals surface area contributed by atoms with Gasteiger partial charge in [-0.1, -0.05) is 77.7 Å². The monoisotopic (exact) mass is 870 g/mol. The van der Waals surface area contributed by atoms with Crippen LogP contribution in [0, 0.1) is 56.5 Å². The van der Waals surface area contributed by atoms with Crippen LogP contribution in [0.1, 0.15) is 145 Å². The number of nitrogens with one attached hydrogen (secondary N) is 3. The van der Waals surface area contributed by atoms with E-state index in [4.69, 9.17) is 4.74 Å². The molecule has 3 saturated carbocycles. The fourth-order valence-electron chi connectivity index (χ4n) is 11.9. The highest BCUT2D eigenvalue weighted by Crippen LogP contribution is 2.67. The van der Waals surface area contributed by atoms with Gasteiger partial charge in [-0.3, -0.25) is 19.7 Å². The average molecular weight is 870 g/mol. The van der Waals surface area contributed by atoms with Crippen LogP contribution in [-0.2, 0) is 24.3 Å². The van der Waals surface area contributed by atoms with E-state index >= 15 is 0 Å². The summed E-state index contributed by atoms with van der Waals surface area (Å²) in [5, 5.41) is 20.2. The molecular formula is C47H75N5O8S. The summed E-state index contributed by atoms with van der Waals surface area (Å²) in [7, 11) is -4.28. The summed E-state index contributed by atoms with van der Waals surface area (Å²) in [6.07, 6.45) is 14.3. The lowest BCUT2D eigenvalue weighted by Crippen LogP contribution is -2.53. The summed E-state index contributed by atoms with van der Waals surface area (Å²) < 4.78 is 35.5. The van der Waals surface area contributed by atoms with Crippen LogP contribution < -0.4 is 16.0 Å². The second kappa shape index (κ2) is 20.3. The number of fused-ring (bicyclic) bond motifs is 5. The lowest BCUT2D eigenvalue weighted by Gasteiger charge is -2.59. The SMILES string of the molecule is CC(C)CCC[C@@H](C)[C@H]1CCC2C3CC=C4C[C@@H](N(CCCNC(=O)CCNC(=O)CCOC(=O)NC(C)(C)C)S(=O)(=O)c5ccccc5[N+](=O)[O-])CC[C@]4(C)C3CC[C@@]21C. The molecule has 1 aromatic rings. The Morgan fingerprint density at radius 1 is 0.934 bits per heavy atom. The smallest absolute Gasteiger partial charge is 0.407 e. The van der Waals surface area contributed by atoms with Crippen molar-refractivity contribution in [1.82, 2.24) is 20.3 Å². The molecule has 1 aromatic carbocycles. The fraction of sp³-hybridized carbons (Fsp3) is 0.766. The number of rotatable bonds is 19. The van der Waals surface area contributed by atoms with Crippen molar-refractivity contribution in [2.75, 3.05) is 26.2 Å². The van der Waals surface area contributed by atoms with Crippen molar-refractivity contribution >= 4 is 33.6 Å². The number of nitro groups is 1. The molecule has 13 nitrogen and oxygen atoms in total. The molecule has 342 valence electrons. The first-order chi connectivity index (χ1) is 28.7. The van der Waals surface area contributed by atoms with Crippen molar-refractivity contribution in [3.05, 3.63) is 46.0 Å². The van der Waals surface area contributed by atoms with Crippen LogP contribution in [0.15, 0.2) is 40.8 Å². The molecule has 4 aliphatic carbocycles. The van der Waals surface area contributed by atoms with Crippen molar-refractivity contribution in [3.63, 3.8) is 0 Å². The van der Waals surface area contributed by atoms with E-state index in [9.17, 15) is 32.9 Å². The number of carbonyl (C=O) groups is 3. The van der Waals surface area contributed by atoms with E-state index in [1.54, 1.807) is 0 Å². The minimum Gasteiger partial charge on any atom is -0.449 e. The molecule has 61 heavy (non-hydrogen) atoms. The van der Waals surface area contributed by atoms with E-state index in [1.807, 2.05) is 20.8 Å². The predicted molar refractivity (Wildman–Crippen MR) is 238 cm³/mol. The molecule has 4 aliphatic rings. The Balaban J connectivity index is 1.21. The Morgan fingerprint density at radius 3 is 2.34 bits per heavy atom. The predicted octanol–water partition coefficient (Wildman–Crippen LogP) is 8.92. The third-order valence-corrected chi connectivity index (χ3v) is 16.9. The fourth-order valence-corrected chi connectivity index (χ4v) is 13.7. The van der Waals surface area contributed by atoms with Gasteiger partial charge in [0.05, 0.1) is 11.3 Å². The van der Waals surface area contributed by atoms with Gasteiger partial charge in [0, 0.05) is 43.7 Å². The molecule has 0 aliphatic heterocycles. The second-order valence-electron chi connectivity index (χ2n) is 20.6. The summed E-state index contributed by atoms with van der Waals surface area (Å²) in [6.45, 7) is 17.9. The number of allylic oxidation sites excluding steroid dienone is 1. The van der Waals surface area contributed by atoms with Crippen LogP contribution in [0.25, 0.3) is 0 Å². The Hall–Kier alpha value is -3.52.